The van der Waals surface area contributed by atoms with Crippen molar-refractivity contribution in [1.82, 2.24) is 5.32 Å². The summed E-state index contributed by atoms with van der Waals surface area (Å²) in [5, 5.41) is 3.24. The van der Waals surface area contributed by atoms with Gasteiger partial charge in [0.25, 0.3) is 0 Å². The molecule has 0 rings (SSSR count). The summed E-state index contributed by atoms with van der Waals surface area (Å²) in [5.74, 6) is 0. The minimum atomic E-state index is 0. The fourth-order valence-electron chi connectivity index (χ4n) is 0.533. The van der Waals surface area contributed by atoms with Gasteiger partial charge in [-0.2, -0.15) is 0 Å². The first-order valence-corrected chi connectivity index (χ1v) is 3.34. The number of halogens is 1. The van der Waals surface area contributed by atoms with E-state index in [1.807, 2.05) is 12.2 Å². The summed E-state index contributed by atoms with van der Waals surface area (Å²) < 4.78 is 0. The lowest BCUT2D eigenvalue weighted by atomic mass is 10.4. The van der Waals surface area contributed by atoms with Gasteiger partial charge in [0.2, 0.25) is 0 Å². The normalized spacial score (nSPS) is 7.27. The van der Waals surface area contributed by atoms with Gasteiger partial charge >= 0.3 is 0 Å². The molecule has 0 spiro atoms. The highest BCUT2D eigenvalue weighted by Gasteiger charge is 1.79. The molecule has 0 aromatic heterocycles. The summed E-state index contributed by atoms with van der Waals surface area (Å²) in [6.45, 7) is 9.31. The van der Waals surface area contributed by atoms with Gasteiger partial charge in [-0.1, -0.05) is 12.2 Å². The van der Waals surface area contributed by atoms with Gasteiger partial charge in [0, 0.05) is 0 Å². The van der Waals surface area contributed by atoms with E-state index in [1.54, 1.807) is 0 Å². The molecular weight excluding hydrogens is 162 g/mol. The van der Waals surface area contributed by atoms with E-state index in [4.69, 9.17) is 0 Å². The quantitative estimate of drug-likeness (QED) is 0.485. The van der Waals surface area contributed by atoms with E-state index in [2.05, 4.69) is 18.5 Å². The van der Waals surface area contributed by atoms with Gasteiger partial charge in [-0.05, 0) is 25.9 Å². The van der Waals surface area contributed by atoms with E-state index in [1.165, 1.54) is 0 Å². The van der Waals surface area contributed by atoms with Crippen LogP contribution in [0.1, 0.15) is 12.8 Å². The van der Waals surface area contributed by atoms with Crippen LogP contribution in [0.15, 0.2) is 25.3 Å². The highest BCUT2D eigenvalue weighted by atomic mass is 35.5. The van der Waals surface area contributed by atoms with Crippen LogP contribution in [0, 0.1) is 0 Å². The SMILES string of the molecule is C=CCCNCCC=C.Cl.O. The third kappa shape index (κ3) is 17.7. The molecule has 0 unspecified atom stereocenters. The zero-order valence-corrected chi connectivity index (χ0v) is 7.62. The third-order valence-electron chi connectivity index (χ3n) is 1.05. The van der Waals surface area contributed by atoms with Crippen LogP contribution in [-0.4, -0.2) is 18.6 Å². The van der Waals surface area contributed by atoms with Crippen LogP contribution < -0.4 is 5.32 Å². The lowest BCUT2D eigenvalue weighted by Gasteiger charge is -1.97. The Kier molecular flexibility index (Phi) is 25.2. The van der Waals surface area contributed by atoms with Crippen LogP contribution >= 0.6 is 12.4 Å². The highest BCUT2D eigenvalue weighted by Crippen LogP contribution is 1.77. The average molecular weight is 180 g/mol. The predicted molar refractivity (Wildman–Crippen MR) is 53.4 cm³/mol. The van der Waals surface area contributed by atoms with Gasteiger partial charge < -0.3 is 10.8 Å². The van der Waals surface area contributed by atoms with Crippen LogP contribution in [0.4, 0.5) is 0 Å². The summed E-state index contributed by atoms with van der Waals surface area (Å²) in [5.41, 5.74) is 0. The molecule has 0 heterocycles. The standard InChI is InChI=1S/C8H15N.ClH.H2O/c1-3-5-7-9-8-6-4-2;;/h3-4,9H,1-2,5-8H2;1H;1H2. The topological polar surface area (TPSA) is 43.5 Å². The molecule has 0 amide bonds. The first kappa shape index (κ1) is 17.0. The molecule has 0 saturated heterocycles. The fraction of sp³-hybridized carbons (Fsp3) is 0.500. The third-order valence-corrected chi connectivity index (χ3v) is 1.05. The Morgan fingerprint density at radius 3 is 1.64 bits per heavy atom. The number of nitrogens with one attached hydrogen (secondary N) is 1. The predicted octanol–water partition coefficient (Wildman–Crippen LogP) is 1.33. The molecule has 0 aromatic carbocycles. The summed E-state index contributed by atoms with van der Waals surface area (Å²) >= 11 is 0. The molecule has 0 aliphatic heterocycles. The van der Waals surface area contributed by atoms with Gasteiger partial charge in [-0.25, -0.2) is 0 Å². The first-order valence-electron chi connectivity index (χ1n) is 3.34. The minimum absolute atomic E-state index is 0. The molecule has 0 aromatic rings. The van der Waals surface area contributed by atoms with E-state index in [0.29, 0.717) is 0 Å². The van der Waals surface area contributed by atoms with Gasteiger partial charge in [0.1, 0.15) is 0 Å². The van der Waals surface area contributed by atoms with Crippen LogP contribution in [0.3, 0.4) is 0 Å². The highest BCUT2D eigenvalue weighted by molar-refractivity contribution is 5.85. The van der Waals surface area contributed by atoms with Crippen LogP contribution in [0.2, 0.25) is 0 Å². The zero-order chi connectivity index (χ0) is 6.95. The van der Waals surface area contributed by atoms with Crippen molar-refractivity contribution in [1.29, 1.82) is 0 Å². The molecular formula is C8H18ClNO. The first-order chi connectivity index (χ1) is 4.41. The van der Waals surface area contributed by atoms with E-state index in [9.17, 15) is 0 Å². The second-order valence-electron chi connectivity index (χ2n) is 1.90. The van der Waals surface area contributed by atoms with Gasteiger partial charge in [0.15, 0.2) is 0 Å². The van der Waals surface area contributed by atoms with Crippen LogP contribution in [-0.2, 0) is 0 Å². The molecule has 68 valence electrons. The molecule has 11 heavy (non-hydrogen) atoms. The maximum atomic E-state index is 3.62. The van der Waals surface area contributed by atoms with Crippen LogP contribution in [0.25, 0.3) is 0 Å². The Balaban J connectivity index is -0.000000320. The molecule has 0 aliphatic carbocycles. The summed E-state index contributed by atoms with van der Waals surface area (Å²) in [4.78, 5) is 0. The molecule has 0 radical (unpaired) electrons. The number of hydrogen-bond acceptors (Lipinski definition) is 1. The second-order valence-corrected chi connectivity index (χ2v) is 1.90. The van der Waals surface area contributed by atoms with Crippen molar-refractivity contribution in [3.05, 3.63) is 25.3 Å². The largest absolute Gasteiger partial charge is 0.412 e. The van der Waals surface area contributed by atoms with Crippen molar-refractivity contribution >= 4 is 12.4 Å². The van der Waals surface area contributed by atoms with Crippen LogP contribution in [0.5, 0.6) is 0 Å². The lowest BCUT2D eigenvalue weighted by Crippen LogP contribution is -2.15. The Bertz CT molecular complexity index is 76.2. The van der Waals surface area contributed by atoms with E-state index < -0.39 is 0 Å². The van der Waals surface area contributed by atoms with Gasteiger partial charge in [0.05, 0.1) is 0 Å². The fourth-order valence-corrected chi connectivity index (χ4v) is 0.533. The van der Waals surface area contributed by atoms with E-state index in [-0.39, 0.29) is 17.9 Å². The molecule has 2 nitrogen and oxygen atoms in total. The molecule has 0 bridgehead atoms. The van der Waals surface area contributed by atoms with Crippen molar-refractivity contribution < 1.29 is 5.48 Å². The van der Waals surface area contributed by atoms with Crippen molar-refractivity contribution in [3.8, 4) is 0 Å². The maximum absolute atomic E-state index is 3.62. The van der Waals surface area contributed by atoms with Crippen molar-refractivity contribution in [3.63, 3.8) is 0 Å². The Hall–Kier alpha value is -0.310. The Morgan fingerprint density at radius 1 is 1.00 bits per heavy atom. The lowest BCUT2D eigenvalue weighted by molar-refractivity contribution is 0.698. The van der Waals surface area contributed by atoms with Gasteiger partial charge in [-0.3, -0.25) is 0 Å². The summed E-state index contributed by atoms with van der Waals surface area (Å²) in [6.07, 6.45) is 5.94. The smallest absolute Gasteiger partial charge is 0.00142 e. The van der Waals surface area contributed by atoms with E-state index in [0.717, 1.165) is 25.9 Å². The van der Waals surface area contributed by atoms with E-state index >= 15 is 0 Å². The molecule has 0 saturated carbocycles. The number of hydrogen-bond donors (Lipinski definition) is 1. The molecule has 3 N–H and O–H groups in total. The molecule has 0 fully saturated rings. The zero-order valence-electron chi connectivity index (χ0n) is 6.81. The molecule has 3 heteroatoms. The average Bonchev–Trinajstić information content (AvgIpc) is 1.89. The van der Waals surface area contributed by atoms with Crippen molar-refractivity contribution in [2.75, 3.05) is 13.1 Å². The molecule has 0 atom stereocenters. The summed E-state index contributed by atoms with van der Waals surface area (Å²) in [7, 11) is 0. The van der Waals surface area contributed by atoms with Gasteiger partial charge in [-0.15, -0.1) is 25.6 Å². The van der Waals surface area contributed by atoms with Crippen molar-refractivity contribution in [2.45, 2.75) is 12.8 Å². The summed E-state index contributed by atoms with van der Waals surface area (Å²) in [6, 6.07) is 0. The maximum Gasteiger partial charge on any atom is -0.00142 e. The monoisotopic (exact) mass is 179 g/mol. The van der Waals surface area contributed by atoms with Crippen molar-refractivity contribution in [2.24, 2.45) is 0 Å². The second kappa shape index (κ2) is 16.3. The molecule has 0 aliphatic rings. The number of rotatable bonds is 6. The Morgan fingerprint density at radius 2 is 1.36 bits per heavy atom. The Labute approximate surface area is 75.1 Å². The minimum Gasteiger partial charge on any atom is -0.412 e.